The van der Waals surface area contributed by atoms with E-state index in [4.69, 9.17) is 13.8 Å². The maximum Gasteiger partial charge on any atom is 0.334 e. The topological polar surface area (TPSA) is 90.9 Å². The second-order valence-electron chi connectivity index (χ2n) is 5.60. The van der Waals surface area contributed by atoms with Gasteiger partial charge in [-0.15, -0.1) is 6.58 Å². The third kappa shape index (κ3) is 6.75. The van der Waals surface area contributed by atoms with Gasteiger partial charge in [0.1, 0.15) is 6.04 Å². The molecule has 0 unspecified atom stereocenters. The van der Waals surface area contributed by atoms with Crippen LogP contribution in [0.4, 0.5) is 0 Å². The summed E-state index contributed by atoms with van der Waals surface area (Å²) in [5.74, 6) is -0.868. The molecule has 1 atom stereocenters. The first-order chi connectivity index (χ1) is 12.4. The second kappa shape index (κ2) is 10.9. The average Bonchev–Trinajstić information content (AvgIpc) is 2.67. The zero-order valence-electron chi connectivity index (χ0n) is 15.4. The fourth-order valence-corrected chi connectivity index (χ4v) is 3.35. The van der Waals surface area contributed by atoms with E-state index in [0.717, 1.165) is 6.42 Å². The van der Waals surface area contributed by atoms with Crippen molar-refractivity contribution < 1.29 is 27.9 Å². The lowest BCUT2D eigenvalue weighted by molar-refractivity contribution is -0.143. The van der Waals surface area contributed by atoms with Gasteiger partial charge in [0.05, 0.1) is 13.3 Å². The number of carbonyl (C=O) groups is 2. The number of hydrogen-bond acceptors (Lipinski definition) is 6. The Bertz CT molecular complexity index is 650. The molecule has 0 heterocycles. The van der Waals surface area contributed by atoms with Gasteiger partial charge in [-0.2, -0.15) is 0 Å². The molecule has 26 heavy (non-hydrogen) atoms. The molecule has 1 N–H and O–H groups in total. The van der Waals surface area contributed by atoms with Crippen LogP contribution in [0.15, 0.2) is 36.9 Å². The molecule has 1 amide bonds. The van der Waals surface area contributed by atoms with Gasteiger partial charge in [0.2, 0.25) is 0 Å². The number of allylic oxidation sites excluding steroid dienone is 1. The number of hydrogen-bond donors (Lipinski definition) is 1. The molecule has 0 aliphatic rings. The van der Waals surface area contributed by atoms with Crippen molar-refractivity contribution in [3.05, 3.63) is 48.0 Å². The minimum absolute atomic E-state index is 0.105. The van der Waals surface area contributed by atoms with E-state index in [1.54, 1.807) is 30.3 Å². The van der Waals surface area contributed by atoms with Crippen molar-refractivity contribution in [3.8, 4) is 0 Å². The molecule has 7 nitrogen and oxygen atoms in total. The maximum absolute atomic E-state index is 12.4. The molecule has 0 spiro atoms. The van der Waals surface area contributed by atoms with Crippen LogP contribution >= 0.6 is 7.60 Å². The summed E-state index contributed by atoms with van der Waals surface area (Å²) in [7, 11) is 0.768. The quantitative estimate of drug-likeness (QED) is 0.273. The normalized spacial score (nSPS) is 12.3. The largest absolute Gasteiger partial charge is 0.467 e. The standard InChI is InChI=1S/C18H26NO6P/c1-5-6-7-8-16(18(21)23-2)19-17(20)15-11-9-14(10-12-15)13-26(22,24-3)25-4/h5,9-12,16H,1,6-8,13H2,2-4H3,(H,19,20)/t16-/m1/s1. The maximum atomic E-state index is 12.4. The smallest absolute Gasteiger partial charge is 0.334 e. The predicted molar refractivity (Wildman–Crippen MR) is 99.1 cm³/mol. The van der Waals surface area contributed by atoms with E-state index >= 15 is 0 Å². The van der Waals surface area contributed by atoms with E-state index < -0.39 is 19.6 Å². The Hall–Kier alpha value is -1.95. The van der Waals surface area contributed by atoms with Gasteiger partial charge in [-0.05, 0) is 37.0 Å². The number of benzene rings is 1. The minimum atomic E-state index is -3.17. The van der Waals surface area contributed by atoms with Gasteiger partial charge in [0.15, 0.2) is 0 Å². The lowest BCUT2D eigenvalue weighted by Gasteiger charge is -2.16. The first-order valence-electron chi connectivity index (χ1n) is 8.18. The van der Waals surface area contributed by atoms with E-state index in [-0.39, 0.29) is 12.1 Å². The van der Waals surface area contributed by atoms with Crippen LogP contribution in [0.1, 0.15) is 35.2 Å². The molecule has 1 rings (SSSR count). The fourth-order valence-electron chi connectivity index (χ4n) is 2.29. The zero-order chi connectivity index (χ0) is 19.6. The highest BCUT2D eigenvalue weighted by atomic mass is 31.2. The lowest BCUT2D eigenvalue weighted by atomic mass is 10.1. The van der Waals surface area contributed by atoms with Crippen LogP contribution in [-0.2, 0) is 29.3 Å². The van der Waals surface area contributed by atoms with E-state index in [1.165, 1.54) is 21.3 Å². The Kier molecular flexibility index (Phi) is 9.27. The number of methoxy groups -OCH3 is 1. The molecule has 0 fully saturated rings. The summed E-state index contributed by atoms with van der Waals surface area (Å²) in [5, 5.41) is 2.68. The number of nitrogens with one attached hydrogen (secondary N) is 1. The first-order valence-corrected chi connectivity index (χ1v) is 9.91. The van der Waals surface area contributed by atoms with Gasteiger partial charge < -0.3 is 19.1 Å². The molecule has 0 saturated carbocycles. The summed E-state index contributed by atoms with van der Waals surface area (Å²) in [6.45, 7) is 3.64. The third-order valence-corrected chi connectivity index (χ3v) is 5.71. The summed E-state index contributed by atoms with van der Waals surface area (Å²) in [6, 6.07) is 5.82. The van der Waals surface area contributed by atoms with Crippen molar-refractivity contribution in [3.63, 3.8) is 0 Å². The molecular formula is C18H26NO6P. The van der Waals surface area contributed by atoms with Gasteiger partial charge >= 0.3 is 13.6 Å². The Balaban J connectivity index is 2.77. The SMILES string of the molecule is C=CCCC[C@@H](NC(=O)c1ccc(CP(=O)(OC)OC)cc1)C(=O)OC. The van der Waals surface area contributed by atoms with Crippen LogP contribution < -0.4 is 5.32 Å². The van der Waals surface area contributed by atoms with E-state index in [9.17, 15) is 14.2 Å². The molecule has 0 aromatic heterocycles. The molecule has 1 aromatic carbocycles. The molecule has 0 radical (unpaired) electrons. The van der Waals surface area contributed by atoms with E-state index in [2.05, 4.69) is 11.9 Å². The Labute approximate surface area is 154 Å². The number of carbonyl (C=O) groups excluding carboxylic acids is 2. The Morgan fingerprint density at radius 1 is 1.19 bits per heavy atom. The van der Waals surface area contributed by atoms with Gasteiger partial charge in [0.25, 0.3) is 5.91 Å². The van der Waals surface area contributed by atoms with Crippen molar-refractivity contribution in [1.29, 1.82) is 0 Å². The Morgan fingerprint density at radius 3 is 2.31 bits per heavy atom. The molecule has 144 valence electrons. The number of unbranched alkanes of at least 4 members (excludes halogenated alkanes) is 1. The number of amides is 1. The van der Waals surface area contributed by atoms with Gasteiger partial charge in [-0.1, -0.05) is 18.2 Å². The van der Waals surface area contributed by atoms with Crippen LogP contribution in [0.5, 0.6) is 0 Å². The Morgan fingerprint density at radius 2 is 1.81 bits per heavy atom. The highest BCUT2D eigenvalue weighted by Crippen LogP contribution is 2.49. The van der Waals surface area contributed by atoms with Crippen molar-refractivity contribution >= 4 is 19.5 Å². The highest BCUT2D eigenvalue weighted by Gasteiger charge is 2.23. The summed E-state index contributed by atoms with van der Waals surface area (Å²) >= 11 is 0. The van der Waals surface area contributed by atoms with Crippen LogP contribution in [-0.4, -0.2) is 39.2 Å². The summed E-state index contributed by atoms with van der Waals surface area (Å²) in [4.78, 5) is 24.2. The molecule has 0 bridgehead atoms. The fraction of sp³-hybridized carbons (Fsp3) is 0.444. The highest BCUT2D eigenvalue weighted by molar-refractivity contribution is 7.52. The predicted octanol–water partition coefficient (Wildman–Crippen LogP) is 3.30. The average molecular weight is 383 g/mol. The molecule has 8 heteroatoms. The lowest BCUT2D eigenvalue weighted by Crippen LogP contribution is -2.41. The number of esters is 1. The van der Waals surface area contributed by atoms with E-state index in [1.807, 2.05) is 0 Å². The summed E-state index contributed by atoms with van der Waals surface area (Å²) in [6.07, 6.45) is 3.79. The van der Waals surface area contributed by atoms with Crippen molar-refractivity contribution in [1.82, 2.24) is 5.32 Å². The van der Waals surface area contributed by atoms with Gasteiger partial charge in [-0.3, -0.25) is 9.36 Å². The zero-order valence-corrected chi connectivity index (χ0v) is 16.3. The van der Waals surface area contributed by atoms with Crippen molar-refractivity contribution in [2.45, 2.75) is 31.5 Å². The molecule has 1 aromatic rings. The second-order valence-corrected chi connectivity index (χ2v) is 7.87. The van der Waals surface area contributed by atoms with Gasteiger partial charge in [-0.25, -0.2) is 4.79 Å². The third-order valence-electron chi connectivity index (χ3n) is 3.84. The van der Waals surface area contributed by atoms with Crippen LogP contribution in [0.3, 0.4) is 0 Å². The van der Waals surface area contributed by atoms with Crippen molar-refractivity contribution in [2.24, 2.45) is 0 Å². The molecule has 0 aliphatic heterocycles. The van der Waals surface area contributed by atoms with Crippen molar-refractivity contribution in [2.75, 3.05) is 21.3 Å². The number of ether oxygens (including phenoxy) is 1. The summed E-state index contributed by atoms with van der Waals surface area (Å²) < 4.78 is 26.7. The van der Waals surface area contributed by atoms with Crippen LogP contribution in [0.2, 0.25) is 0 Å². The van der Waals surface area contributed by atoms with Gasteiger partial charge in [0, 0.05) is 19.8 Å². The van der Waals surface area contributed by atoms with E-state index in [0.29, 0.717) is 24.0 Å². The molecule has 0 aliphatic carbocycles. The molecular weight excluding hydrogens is 357 g/mol. The van der Waals surface area contributed by atoms with Crippen LogP contribution in [0.25, 0.3) is 0 Å². The number of rotatable bonds is 11. The molecule has 0 saturated heterocycles. The monoisotopic (exact) mass is 383 g/mol. The first kappa shape index (κ1) is 22.1. The minimum Gasteiger partial charge on any atom is -0.467 e. The summed E-state index contributed by atoms with van der Waals surface area (Å²) in [5.41, 5.74) is 1.10. The van der Waals surface area contributed by atoms with Crippen LogP contribution in [0, 0.1) is 0 Å².